The van der Waals surface area contributed by atoms with Crippen molar-refractivity contribution in [3.05, 3.63) is 17.7 Å². The number of hydrogen-bond acceptors (Lipinski definition) is 6. The van der Waals surface area contributed by atoms with Crippen molar-refractivity contribution < 1.29 is 9.53 Å². The molecule has 0 radical (unpaired) electrons. The zero-order valence-corrected chi connectivity index (χ0v) is 10.9. The van der Waals surface area contributed by atoms with Gasteiger partial charge in [0.1, 0.15) is 5.82 Å². The zero-order chi connectivity index (χ0) is 13.5. The van der Waals surface area contributed by atoms with Crippen LogP contribution in [-0.2, 0) is 4.74 Å². The second-order valence-corrected chi connectivity index (χ2v) is 4.04. The molecular formula is C11H19N5O2. The number of nitrogens with one attached hydrogen (secondary N) is 2. The summed E-state index contributed by atoms with van der Waals surface area (Å²) in [6.45, 7) is 4.77. The number of hydrogen-bond donors (Lipinski definition) is 3. The Morgan fingerprint density at radius 1 is 1.56 bits per heavy atom. The minimum atomic E-state index is -0.302. The Morgan fingerprint density at radius 2 is 2.28 bits per heavy atom. The summed E-state index contributed by atoms with van der Waals surface area (Å²) in [5.74, 6) is 5.78. The van der Waals surface area contributed by atoms with Gasteiger partial charge in [0.15, 0.2) is 5.69 Å². The van der Waals surface area contributed by atoms with Gasteiger partial charge in [-0.05, 0) is 0 Å². The first kappa shape index (κ1) is 14.3. The third kappa shape index (κ3) is 3.64. The Bertz CT molecular complexity index is 408. The summed E-state index contributed by atoms with van der Waals surface area (Å²) in [6.07, 6.45) is 1.51. The predicted octanol–water partition coefficient (Wildman–Crippen LogP) is 0.262. The average molecular weight is 253 g/mol. The predicted molar refractivity (Wildman–Crippen MR) is 68.1 cm³/mol. The molecule has 4 N–H and O–H groups in total. The van der Waals surface area contributed by atoms with E-state index in [0.717, 1.165) is 0 Å². The van der Waals surface area contributed by atoms with Crippen molar-refractivity contribution in [1.82, 2.24) is 15.3 Å². The number of nitrogens with two attached hydrogens (primary N) is 1. The molecule has 0 saturated heterocycles. The number of methoxy groups -OCH3 is 1. The van der Waals surface area contributed by atoms with Gasteiger partial charge in [0, 0.05) is 19.6 Å². The average Bonchev–Trinajstić information content (AvgIpc) is 2.38. The van der Waals surface area contributed by atoms with Crippen LogP contribution in [-0.4, -0.2) is 36.1 Å². The van der Waals surface area contributed by atoms with Crippen molar-refractivity contribution in [2.75, 3.05) is 25.7 Å². The van der Waals surface area contributed by atoms with Gasteiger partial charge in [-0.25, -0.2) is 9.97 Å². The first-order valence-electron chi connectivity index (χ1n) is 5.70. The summed E-state index contributed by atoms with van der Waals surface area (Å²) < 4.78 is 4.86. The molecule has 7 nitrogen and oxygen atoms in total. The van der Waals surface area contributed by atoms with E-state index in [1.54, 1.807) is 7.11 Å². The van der Waals surface area contributed by atoms with Gasteiger partial charge < -0.3 is 15.5 Å². The van der Waals surface area contributed by atoms with Gasteiger partial charge in [0.05, 0.1) is 18.5 Å². The molecule has 100 valence electrons. The van der Waals surface area contributed by atoms with Crippen LogP contribution in [0.2, 0.25) is 0 Å². The van der Waals surface area contributed by atoms with E-state index in [0.29, 0.717) is 24.7 Å². The topological polar surface area (TPSA) is 102 Å². The van der Waals surface area contributed by atoms with E-state index in [4.69, 9.17) is 10.6 Å². The number of ether oxygens (including phenoxy) is 1. The van der Waals surface area contributed by atoms with Gasteiger partial charge in [0.25, 0.3) is 5.91 Å². The molecule has 0 saturated carbocycles. The molecule has 7 heteroatoms. The number of aromatic nitrogens is 2. The maximum Gasteiger partial charge on any atom is 0.272 e. The molecule has 1 aromatic rings. The second-order valence-electron chi connectivity index (χ2n) is 4.04. The highest BCUT2D eigenvalue weighted by Crippen LogP contribution is 2.15. The molecule has 0 aromatic carbocycles. The lowest BCUT2D eigenvalue weighted by Gasteiger charge is -2.11. The largest absolute Gasteiger partial charge is 0.383 e. The SMILES string of the molecule is COCCNC(=O)c1nc(C(C)C)ncc1NN. The van der Waals surface area contributed by atoms with Crippen LogP contribution in [0.3, 0.4) is 0 Å². The lowest BCUT2D eigenvalue weighted by atomic mass is 10.2. The molecule has 0 fully saturated rings. The third-order valence-electron chi connectivity index (χ3n) is 2.29. The minimum absolute atomic E-state index is 0.141. The van der Waals surface area contributed by atoms with Crippen LogP contribution in [0.5, 0.6) is 0 Å². The standard InChI is InChI=1S/C11H19N5O2/c1-7(2)10-14-6-8(16-12)9(15-10)11(17)13-4-5-18-3/h6-7,16H,4-5,12H2,1-3H3,(H,13,17). The minimum Gasteiger partial charge on any atom is -0.383 e. The second kappa shape index (κ2) is 6.87. The summed E-state index contributed by atoms with van der Waals surface area (Å²) in [5.41, 5.74) is 3.06. The highest BCUT2D eigenvalue weighted by atomic mass is 16.5. The van der Waals surface area contributed by atoms with Crippen LogP contribution in [0, 0.1) is 0 Å². The van der Waals surface area contributed by atoms with Gasteiger partial charge in [-0.15, -0.1) is 0 Å². The number of carbonyl (C=O) groups excluding carboxylic acids is 1. The van der Waals surface area contributed by atoms with Crippen molar-refractivity contribution in [2.45, 2.75) is 19.8 Å². The van der Waals surface area contributed by atoms with E-state index in [1.165, 1.54) is 6.20 Å². The summed E-state index contributed by atoms with van der Waals surface area (Å²) >= 11 is 0. The van der Waals surface area contributed by atoms with Crippen LogP contribution in [0.1, 0.15) is 36.1 Å². The lowest BCUT2D eigenvalue weighted by molar-refractivity contribution is 0.0932. The number of rotatable bonds is 6. The normalized spacial score (nSPS) is 10.5. The van der Waals surface area contributed by atoms with Crippen LogP contribution >= 0.6 is 0 Å². The van der Waals surface area contributed by atoms with Crippen molar-refractivity contribution in [3.63, 3.8) is 0 Å². The Balaban J connectivity index is 2.89. The van der Waals surface area contributed by atoms with E-state index >= 15 is 0 Å². The van der Waals surface area contributed by atoms with E-state index in [9.17, 15) is 4.79 Å². The molecule has 0 bridgehead atoms. The maximum atomic E-state index is 11.9. The molecule has 1 rings (SSSR count). The number of carbonyl (C=O) groups is 1. The molecule has 1 amide bonds. The van der Waals surface area contributed by atoms with E-state index in [2.05, 4.69) is 20.7 Å². The summed E-state index contributed by atoms with van der Waals surface area (Å²) in [4.78, 5) is 20.3. The number of nitrogen functional groups attached to an aromatic ring is 1. The molecule has 0 spiro atoms. The van der Waals surface area contributed by atoms with Gasteiger partial charge in [-0.3, -0.25) is 10.6 Å². The highest BCUT2D eigenvalue weighted by molar-refractivity contribution is 5.97. The number of hydrazine groups is 1. The first-order valence-corrected chi connectivity index (χ1v) is 5.70. The maximum absolute atomic E-state index is 11.9. The van der Waals surface area contributed by atoms with Gasteiger partial charge in [-0.2, -0.15) is 0 Å². The fourth-order valence-corrected chi connectivity index (χ4v) is 1.30. The van der Waals surface area contributed by atoms with E-state index in [-0.39, 0.29) is 17.5 Å². The molecule has 0 aliphatic heterocycles. The Labute approximate surface area is 106 Å². The molecule has 0 unspecified atom stereocenters. The van der Waals surface area contributed by atoms with Gasteiger partial charge >= 0.3 is 0 Å². The number of nitrogens with zero attached hydrogens (tertiary/aromatic N) is 2. The summed E-state index contributed by atoms with van der Waals surface area (Å²) in [7, 11) is 1.57. The summed E-state index contributed by atoms with van der Waals surface area (Å²) in [6, 6.07) is 0. The molecule has 1 heterocycles. The molecule has 0 atom stereocenters. The molecular weight excluding hydrogens is 234 g/mol. The third-order valence-corrected chi connectivity index (χ3v) is 2.29. The molecule has 18 heavy (non-hydrogen) atoms. The Hall–Kier alpha value is -1.73. The van der Waals surface area contributed by atoms with Crippen molar-refractivity contribution in [3.8, 4) is 0 Å². The molecule has 1 aromatic heterocycles. The smallest absolute Gasteiger partial charge is 0.272 e. The number of amides is 1. The lowest BCUT2D eigenvalue weighted by Crippen LogP contribution is -2.29. The van der Waals surface area contributed by atoms with Crippen LogP contribution in [0.15, 0.2) is 6.20 Å². The van der Waals surface area contributed by atoms with Gasteiger partial charge in [0.2, 0.25) is 0 Å². The first-order chi connectivity index (χ1) is 8.60. The van der Waals surface area contributed by atoms with Crippen LogP contribution in [0.4, 0.5) is 5.69 Å². The number of anilines is 1. The van der Waals surface area contributed by atoms with Crippen LogP contribution < -0.4 is 16.6 Å². The van der Waals surface area contributed by atoms with E-state index in [1.807, 2.05) is 13.8 Å². The van der Waals surface area contributed by atoms with Crippen molar-refractivity contribution in [1.29, 1.82) is 0 Å². The monoisotopic (exact) mass is 253 g/mol. The van der Waals surface area contributed by atoms with Crippen molar-refractivity contribution in [2.24, 2.45) is 5.84 Å². The summed E-state index contributed by atoms with van der Waals surface area (Å²) in [5, 5.41) is 2.69. The Morgan fingerprint density at radius 3 is 2.83 bits per heavy atom. The fourth-order valence-electron chi connectivity index (χ4n) is 1.30. The van der Waals surface area contributed by atoms with Crippen molar-refractivity contribution >= 4 is 11.6 Å². The zero-order valence-electron chi connectivity index (χ0n) is 10.9. The van der Waals surface area contributed by atoms with E-state index < -0.39 is 0 Å². The highest BCUT2D eigenvalue weighted by Gasteiger charge is 2.15. The fraction of sp³-hybridized carbons (Fsp3) is 0.545. The van der Waals surface area contributed by atoms with Crippen LogP contribution in [0.25, 0.3) is 0 Å². The molecule has 0 aliphatic carbocycles. The van der Waals surface area contributed by atoms with Gasteiger partial charge in [-0.1, -0.05) is 13.8 Å². The molecule has 0 aliphatic rings. The Kier molecular flexibility index (Phi) is 5.47. The quantitative estimate of drug-likeness (QED) is 0.382.